The molecule has 0 spiro atoms. The molecule has 0 saturated carbocycles. The van der Waals surface area contributed by atoms with Crippen molar-refractivity contribution in [3.8, 4) is 0 Å². The van der Waals surface area contributed by atoms with E-state index in [2.05, 4.69) is 16.3 Å². The second kappa shape index (κ2) is 5.15. The number of nitrogens with one attached hydrogen (secondary N) is 1. The van der Waals surface area contributed by atoms with Crippen molar-refractivity contribution >= 4 is 17.2 Å². The first-order valence-corrected chi connectivity index (χ1v) is 8.78. The van der Waals surface area contributed by atoms with E-state index in [4.69, 9.17) is 0 Å². The van der Waals surface area contributed by atoms with E-state index in [9.17, 15) is 4.79 Å². The highest BCUT2D eigenvalue weighted by Crippen LogP contribution is 2.33. The quantitative estimate of drug-likeness (QED) is 0.861. The van der Waals surface area contributed by atoms with Crippen molar-refractivity contribution in [3.05, 3.63) is 21.4 Å². The Bertz CT molecular complexity index is 501. The van der Waals surface area contributed by atoms with Crippen molar-refractivity contribution in [1.29, 1.82) is 0 Å². The fourth-order valence-electron chi connectivity index (χ4n) is 4.06. The molecule has 2 fully saturated rings. The normalized spacial score (nSPS) is 29.1. The Hall–Kier alpha value is -0.870. The van der Waals surface area contributed by atoms with Crippen LogP contribution in [0.5, 0.6) is 0 Å². The lowest BCUT2D eigenvalue weighted by molar-refractivity contribution is 0.0580. The second-order valence-corrected chi connectivity index (χ2v) is 7.53. The maximum atomic E-state index is 12.9. The summed E-state index contributed by atoms with van der Waals surface area (Å²) in [6, 6.07) is 2.63. The van der Waals surface area contributed by atoms with Gasteiger partial charge in [0.15, 0.2) is 0 Å². The standard InChI is InChI=1S/C16H22N2OS/c19-16(15-8-11-4-1-2-6-14(11)20-15)18-7-3-5-12-9-17-10-13(12)18/h8,12-13,17H,1-7,9-10H2. The number of carbonyl (C=O) groups is 1. The smallest absolute Gasteiger partial charge is 0.264 e. The van der Waals surface area contributed by atoms with Gasteiger partial charge in [-0.3, -0.25) is 4.79 Å². The summed E-state index contributed by atoms with van der Waals surface area (Å²) >= 11 is 1.76. The number of rotatable bonds is 1. The van der Waals surface area contributed by atoms with Gasteiger partial charge in [-0.1, -0.05) is 0 Å². The summed E-state index contributed by atoms with van der Waals surface area (Å²) in [4.78, 5) is 17.5. The highest BCUT2D eigenvalue weighted by Gasteiger charge is 2.38. The van der Waals surface area contributed by atoms with Crippen LogP contribution in [0.1, 0.15) is 45.8 Å². The average molecular weight is 290 g/mol. The molecule has 20 heavy (non-hydrogen) atoms. The molecular weight excluding hydrogens is 268 g/mol. The van der Waals surface area contributed by atoms with Gasteiger partial charge in [-0.2, -0.15) is 0 Å². The molecule has 0 radical (unpaired) electrons. The molecule has 3 aliphatic rings. The van der Waals surface area contributed by atoms with E-state index in [1.54, 1.807) is 11.3 Å². The minimum absolute atomic E-state index is 0.294. The number of hydrogen-bond acceptors (Lipinski definition) is 3. The molecule has 2 aliphatic heterocycles. The Balaban J connectivity index is 1.58. The van der Waals surface area contributed by atoms with Gasteiger partial charge >= 0.3 is 0 Å². The van der Waals surface area contributed by atoms with Crippen LogP contribution in [-0.4, -0.2) is 36.5 Å². The lowest BCUT2D eigenvalue weighted by Gasteiger charge is -2.36. The van der Waals surface area contributed by atoms with Gasteiger partial charge in [0, 0.05) is 30.6 Å². The average Bonchev–Trinajstić information content (AvgIpc) is 3.12. The molecule has 3 heterocycles. The van der Waals surface area contributed by atoms with Gasteiger partial charge in [-0.05, 0) is 56.1 Å². The molecule has 3 nitrogen and oxygen atoms in total. The van der Waals surface area contributed by atoms with Crippen molar-refractivity contribution in [3.63, 3.8) is 0 Å². The molecular formula is C16H22N2OS. The van der Waals surface area contributed by atoms with Crippen LogP contribution in [0.4, 0.5) is 0 Å². The van der Waals surface area contributed by atoms with Crippen molar-refractivity contribution < 1.29 is 4.79 Å². The number of amides is 1. The summed E-state index contributed by atoms with van der Waals surface area (Å²) in [5, 5.41) is 3.46. The third-order valence-corrected chi connectivity index (χ3v) is 6.37. The highest BCUT2D eigenvalue weighted by molar-refractivity contribution is 7.14. The number of likely N-dealkylation sites (tertiary alicyclic amines) is 1. The zero-order valence-electron chi connectivity index (χ0n) is 11.9. The van der Waals surface area contributed by atoms with E-state index in [1.165, 1.54) is 49.0 Å². The number of thiophene rings is 1. The fraction of sp³-hybridized carbons (Fsp3) is 0.688. The van der Waals surface area contributed by atoms with Gasteiger partial charge in [-0.25, -0.2) is 0 Å². The minimum atomic E-state index is 0.294. The van der Waals surface area contributed by atoms with E-state index >= 15 is 0 Å². The van der Waals surface area contributed by atoms with Crippen molar-refractivity contribution in [2.24, 2.45) is 5.92 Å². The molecule has 2 atom stereocenters. The summed E-state index contributed by atoms with van der Waals surface area (Å²) in [5.41, 5.74) is 1.45. The number of fused-ring (bicyclic) bond motifs is 2. The molecule has 1 N–H and O–H groups in total. The first-order chi connectivity index (χ1) is 9.83. The maximum absolute atomic E-state index is 12.9. The van der Waals surface area contributed by atoms with E-state index in [1.807, 2.05) is 0 Å². The van der Waals surface area contributed by atoms with Crippen LogP contribution in [0.25, 0.3) is 0 Å². The van der Waals surface area contributed by atoms with Crippen LogP contribution in [-0.2, 0) is 12.8 Å². The molecule has 4 heteroatoms. The third kappa shape index (κ3) is 2.09. The van der Waals surface area contributed by atoms with Gasteiger partial charge in [0.2, 0.25) is 0 Å². The Morgan fingerprint density at radius 2 is 2.15 bits per heavy atom. The number of hydrogen-bond donors (Lipinski definition) is 1. The first-order valence-electron chi connectivity index (χ1n) is 7.96. The van der Waals surface area contributed by atoms with Crippen LogP contribution in [0.2, 0.25) is 0 Å². The summed E-state index contributed by atoms with van der Waals surface area (Å²) in [6.07, 6.45) is 7.38. The predicted molar refractivity (Wildman–Crippen MR) is 81.4 cm³/mol. The Morgan fingerprint density at radius 1 is 1.25 bits per heavy atom. The summed E-state index contributed by atoms with van der Waals surface area (Å²) in [7, 11) is 0. The third-order valence-electron chi connectivity index (χ3n) is 5.15. The van der Waals surface area contributed by atoms with Gasteiger partial charge in [0.25, 0.3) is 5.91 Å². The van der Waals surface area contributed by atoms with Crippen LogP contribution in [0, 0.1) is 5.92 Å². The molecule has 1 aromatic heterocycles. The topological polar surface area (TPSA) is 32.3 Å². The van der Waals surface area contributed by atoms with E-state index < -0.39 is 0 Å². The SMILES string of the molecule is O=C(c1cc2c(s1)CCCC2)N1CCCC2CNCC21. The minimum Gasteiger partial charge on any atom is -0.333 e. The second-order valence-electron chi connectivity index (χ2n) is 6.39. The molecule has 108 valence electrons. The molecule has 0 aromatic carbocycles. The molecule has 2 unspecified atom stereocenters. The lowest BCUT2D eigenvalue weighted by atomic mass is 9.92. The number of aryl methyl sites for hydroxylation is 2. The van der Waals surface area contributed by atoms with Gasteiger partial charge < -0.3 is 10.2 Å². The maximum Gasteiger partial charge on any atom is 0.264 e. The largest absolute Gasteiger partial charge is 0.333 e. The molecule has 1 amide bonds. The summed E-state index contributed by atoms with van der Waals surface area (Å²) < 4.78 is 0. The summed E-state index contributed by atoms with van der Waals surface area (Å²) in [6.45, 7) is 3.03. The Kier molecular flexibility index (Phi) is 3.31. The zero-order valence-corrected chi connectivity index (χ0v) is 12.7. The molecule has 4 rings (SSSR count). The molecule has 1 aliphatic carbocycles. The van der Waals surface area contributed by atoms with E-state index in [-0.39, 0.29) is 0 Å². The zero-order chi connectivity index (χ0) is 13.5. The first kappa shape index (κ1) is 12.8. The van der Waals surface area contributed by atoms with Crippen molar-refractivity contribution in [1.82, 2.24) is 10.2 Å². The van der Waals surface area contributed by atoms with Crippen LogP contribution in [0.3, 0.4) is 0 Å². The lowest BCUT2D eigenvalue weighted by Crippen LogP contribution is -2.48. The van der Waals surface area contributed by atoms with Crippen LogP contribution in [0.15, 0.2) is 6.07 Å². The molecule has 0 bridgehead atoms. The van der Waals surface area contributed by atoms with Crippen LogP contribution >= 0.6 is 11.3 Å². The highest BCUT2D eigenvalue weighted by atomic mass is 32.1. The predicted octanol–water partition coefficient (Wildman–Crippen LogP) is 2.45. The number of carbonyl (C=O) groups excluding carboxylic acids is 1. The van der Waals surface area contributed by atoms with Crippen molar-refractivity contribution in [2.75, 3.05) is 19.6 Å². The van der Waals surface area contributed by atoms with Gasteiger partial charge in [0.05, 0.1) is 4.88 Å². The summed E-state index contributed by atoms with van der Waals surface area (Å²) in [5.74, 6) is 0.977. The molecule has 2 saturated heterocycles. The molecule has 1 aromatic rings. The van der Waals surface area contributed by atoms with E-state index in [0.717, 1.165) is 24.5 Å². The Morgan fingerprint density at radius 3 is 3.05 bits per heavy atom. The number of nitrogens with zero attached hydrogens (tertiary/aromatic N) is 1. The van der Waals surface area contributed by atoms with E-state index in [0.29, 0.717) is 17.9 Å². The fourth-order valence-corrected chi connectivity index (χ4v) is 5.27. The number of piperidine rings is 1. The van der Waals surface area contributed by atoms with Gasteiger partial charge in [0.1, 0.15) is 0 Å². The monoisotopic (exact) mass is 290 g/mol. The van der Waals surface area contributed by atoms with Crippen molar-refractivity contribution in [2.45, 2.75) is 44.6 Å². The van der Waals surface area contributed by atoms with Gasteiger partial charge in [-0.15, -0.1) is 11.3 Å². The Labute approximate surface area is 124 Å². The van der Waals surface area contributed by atoms with Crippen LogP contribution < -0.4 is 5.32 Å².